The van der Waals surface area contributed by atoms with Gasteiger partial charge in [0.2, 0.25) is 0 Å². The second-order valence-electron chi connectivity index (χ2n) is 4.96. The van der Waals surface area contributed by atoms with E-state index in [0.29, 0.717) is 5.92 Å². The van der Waals surface area contributed by atoms with Crippen molar-refractivity contribution in [3.8, 4) is 0 Å². The number of ether oxygens (including phenoxy) is 1. The number of aromatic nitrogens is 2. The molecule has 0 aliphatic carbocycles. The first-order valence-corrected chi connectivity index (χ1v) is 6.59. The quantitative estimate of drug-likeness (QED) is 0.541. The van der Waals surface area contributed by atoms with Gasteiger partial charge >= 0.3 is 0 Å². The van der Waals surface area contributed by atoms with E-state index < -0.39 is 0 Å². The van der Waals surface area contributed by atoms with Crippen LogP contribution in [0.1, 0.15) is 31.7 Å². The second-order valence-corrected chi connectivity index (χ2v) is 4.96. The minimum atomic E-state index is 0.261. The molecule has 5 nitrogen and oxygen atoms in total. The molecule has 18 heavy (non-hydrogen) atoms. The second kappa shape index (κ2) is 7.51. The number of hydrazine groups is 1. The Labute approximate surface area is 110 Å². The first kappa shape index (κ1) is 15.1. The number of nitrogens with one attached hydrogen (secondary N) is 1. The molecule has 5 heteroatoms. The van der Waals surface area contributed by atoms with Crippen molar-refractivity contribution in [2.75, 3.05) is 13.7 Å². The first-order valence-electron chi connectivity index (χ1n) is 6.59. The van der Waals surface area contributed by atoms with E-state index in [1.165, 1.54) is 5.69 Å². The van der Waals surface area contributed by atoms with Gasteiger partial charge in [-0.25, -0.2) is 0 Å². The Balaban J connectivity index is 2.61. The molecule has 0 bridgehead atoms. The highest BCUT2D eigenvalue weighted by atomic mass is 16.5. The molecule has 104 valence electrons. The lowest BCUT2D eigenvalue weighted by molar-refractivity contribution is 0.149. The Morgan fingerprint density at radius 2 is 2.28 bits per heavy atom. The molecule has 0 aliphatic heterocycles. The summed E-state index contributed by atoms with van der Waals surface area (Å²) >= 11 is 0. The van der Waals surface area contributed by atoms with Crippen LogP contribution in [0, 0.1) is 12.8 Å². The Morgan fingerprint density at radius 1 is 1.56 bits per heavy atom. The molecular weight excluding hydrogens is 228 g/mol. The summed E-state index contributed by atoms with van der Waals surface area (Å²) in [5, 5.41) is 4.46. The zero-order chi connectivity index (χ0) is 13.5. The maximum Gasteiger partial charge on any atom is 0.0596 e. The molecule has 0 amide bonds. The van der Waals surface area contributed by atoms with Gasteiger partial charge in [0.25, 0.3) is 0 Å². The summed E-state index contributed by atoms with van der Waals surface area (Å²) in [5.41, 5.74) is 5.20. The highest BCUT2D eigenvalue weighted by molar-refractivity contribution is 5.10. The Kier molecular flexibility index (Phi) is 6.32. The van der Waals surface area contributed by atoms with E-state index >= 15 is 0 Å². The van der Waals surface area contributed by atoms with Crippen molar-refractivity contribution in [1.82, 2.24) is 15.2 Å². The number of hydrogen-bond donors (Lipinski definition) is 2. The number of hydrogen-bond acceptors (Lipinski definition) is 4. The number of nitrogens with zero attached hydrogens (tertiary/aromatic N) is 2. The Hall–Kier alpha value is -0.910. The van der Waals surface area contributed by atoms with Crippen molar-refractivity contribution >= 4 is 0 Å². The molecule has 0 fully saturated rings. The van der Waals surface area contributed by atoms with Crippen LogP contribution >= 0.6 is 0 Å². The van der Waals surface area contributed by atoms with Crippen molar-refractivity contribution in [3.63, 3.8) is 0 Å². The van der Waals surface area contributed by atoms with Crippen molar-refractivity contribution in [1.29, 1.82) is 0 Å². The summed E-state index contributed by atoms with van der Waals surface area (Å²) in [6, 6.07) is 2.39. The van der Waals surface area contributed by atoms with Gasteiger partial charge in [-0.1, -0.05) is 6.92 Å². The molecule has 2 unspecified atom stereocenters. The molecule has 0 aliphatic rings. The summed E-state index contributed by atoms with van der Waals surface area (Å²) in [6.45, 7) is 7.97. The predicted octanol–water partition coefficient (Wildman–Crippen LogP) is 1.26. The van der Waals surface area contributed by atoms with Gasteiger partial charge in [-0.15, -0.1) is 0 Å². The summed E-state index contributed by atoms with van der Waals surface area (Å²) in [7, 11) is 1.73. The third kappa shape index (κ3) is 4.40. The average Bonchev–Trinajstić information content (AvgIpc) is 2.68. The van der Waals surface area contributed by atoms with Crippen LogP contribution in [0.5, 0.6) is 0 Å². The van der Waals surface area contributed by atoms with Crippen LogP contribution in [0.3, 0.4) is 0 Å². The fourth-order valence-electron chi connectivity index (χ4n) is 2.34. The van der Waals surface area contributed by atoms with Gasteiger partial charge in [0, 0.05) is 38.4 Å². The van der Waals surface area contributed by atoms with Crippen LogP contribution in [-0.2, 0) is 17.7 Å². The fourth-order valence-corrected chi connectivity index (χ4v) is 2.34. The standard InChI is InChI=1S/C13H26N4O/c1-5-17-13(7-11(3)16-17)8-12(15-14)6-10(2)9-18-4/h7,10,12,15H,5-6,8-9,14H2,1-4H3. The van der Waals surface area contributed by atoms with Gasteiger partial charge < -0.3 is 4.74 Å². The van der Waals surface area contributed by atoms with Gasteiger partial charge in [-0.05, 0) is 32.3 Å². The van der Waals surface area contributed by atoms with Crippen LogP contribution in [0.25, 0.3) is 0 Å². The molecule has 0 saturated heterocycles. The normalized spacial score (nSPS) is 14.7. The van der Waals surface area contributed by atoms with Crippen molar-refractivity contribution in [2.24, 2.45) is 11.8 Å². The monoisotopic (exact) mass is 254 g/mol. The van der Waals surface area contributed by atoms with E-state index in [9.17, 15) is 0 Å². The van der Waals surface area contributed by atoms with E-state index in [-0.39, 0.29) is 6.04 Å². The molecule has 2 atom stereocenters. The third-order valence-electron chi connectivity index (χ3n) is 3.11. The summed E-state index contributed by atoms with van der Waals surface area (Å²) in [4.78, 5) is 0. The zero-order valence-electron chi connectivity index (χ0n) is 11.9. The van der Waals surface area contributed by atoms with E-state index in [4.69, 9.17) is 10.6 Å². The minimum Gasteiger partial charge on any atom is -0.384 e. The molecule has 3 N–H and O–H groups in total. The summed E-state index contributed by atoms with van der Waals surface area (Å²) < 4.78 is 7.20. The minimum absolute atomic E-state index is 0.261. The molecule has 0 aromatic carbocycles. The molecule has 0 radical (unpaired) electrons. The number of aryl methyl sites for hydroxylation is 2. The van der Waals surface area contributed by atoms with Crippen molar-refractivity contribution < 1.29 is 4.74 Å². The highest BCUT2D eigenvalue weighted by Gasteiger charge is 2.15. The SMILES string of the molecule is CCn1nc(C)cc1CC(CC(C)COC)NN. The van der Waals surface area contributed by atoms with Crippen molar-refractivity contribution in [2.45, 2.75) is 46.2 Å². The van der Waals surface area contributed by atoms with Gasteiger partial charge in [-0.3, -0.25) is 16.0 Å². The third-order valence-corrected chi connectivity index (χ3v) is 3.11. The lowest BCUT2D eigenvalue weighted by Crippen LogP contribution is -2.39. The van der Waals surface area contributed by atoms with Crippen LogP contribution < -0.4 is 11.3 Å². The molecule has 1 aromatic heterocycles. The van der Waals surface area contributed by atoms with Crippen LogP contribution in [0.2, 0.25) is 0 Å². The largest absolute Gasteiger partial charge is 0.384 e. The van der Waals surface area contributed by atoms with Gasteiger partial charge in [0.15, 0.2) is 0 Å². The highest BCUT2D eigenvalue weighted by Crippen LogP contribution is 2.12. The van der Waals surface area contributed by atoms with Gasteiger partial charge in [-0.2, -0.15) is 5.10 Å². The zero-order valence-corrected chi connectivity index (χ0v) is 11.9. The first-order chi connectivity index (χ1) is 8.60. The number of nitrogens with two attached hydrogens (primary N) is 1. The lowest BCUT2D eigenvalue weighted by Gasteiger charge is -2.20. The topological polar surface area (TPSA) is 65.1 Å². The van der Waals surface area contributed by atoms with E-state index in [0.717, 1.165) is 31.7 Å². The van der Waals surface area contributed by atoms with E-state index in [1.54, 1.807) is 7.11 Å². The molecule has 1 rings (SSSR count). The van der Waals surface area contributed by atoms with Crippen molar-refractivity contribution in [3.05, 3.63) is 17.5 Å². The smallest absolute Gasteiger partial charge is 0.0596 e. The lowest BCUT2D eigenvalue weighted by atomic mass is 9.99. The van der Waals surface area contributed by atoms with Crippen LogP contribution in [0.15, 0.2) is 6.07 Å². The molecule has 0 saturated carbocycles. The van der Waals surface area contributed by atoms with Gasteiger partial charge in [0.1, 0.15) is 0 Å². The van der Waals surface area contributed by atoms with Crippen LogP contribution in [0.4, 0.5) is 0 Å². The molecule has 1 heterocycles. The van der Waals surface area contributed by atoms with E-state index in [1.807, 2.05) is 11.6 Å². The summed E-state index contributed by atoms with van der Waals surface area (Å²) in [6.07, 6.45) is 1.90. The van der Waals surface area contributed by atoms with Gasteiger partial charge in [0.05, 0.1) is 5.69 Å². The summed E-state index contributed by atoms with van der Waals surface area (Å²) in [5.74, 6) is 6.14. The molecule has 0 spiro atoms. The molecular formula is C13H26N4O. The fraction of sp³-hybridized carbons (Fsp3) is 0.769. The number of methoxy groups -OCH3 is 1. The maximum atomic E-state index is 5.64. The Bertz CT molecular complexity index is 351. The Morgan fingerprint density at radius 3 is 2.83 bits per heavy atom. The molecule has 1 aromatic rings. The van der Waals surface area contributed by atoms with Crippen LogP contribution in [-0.4, -0.2) is 29.5 Å². The average molecular weight is 254 g/mol. The number of rotatable bonds is 8. The maximum absolute atomic E-state index is 5.64. The van der Waals surface area contributed by atoms with E-state index in [2.05, 4.69) is 30.4 Å². The predicted molar refractivity (Wildman–Crippen MR) is 73.1 cm³/mol.